The molecule has 0 aliphatic carbocycles. The van der Waals surface area contributed by atoms with Crippen molar-refractivity contribution in [1.29, 1.82) is 0 Å². The zero-order chi connectivity index (χ0) is 26.6. The van der Waals surface area contributed by atoms with E-state index in [4.69, 9.17) is 38.6 Å². The summed E-state index contributed by atoms with van der Waals surface area (Å²) < 4.78 is 24.2. The standard InChI is InChI=1S/C27H28N2O6S3/c1-14-2-3-17-15(8-14)4-6-28(26(17)36)23-11-19(21(13-31)34-23)35-24-9-16-5-7-29(27(37)25(16)38-24)22-10-18(32)20(12-30)33-22/h2-9,18-23,30-32H,10-13H2,1H3/t18?,19?,20-,21-,22-,23-/m1/s1. The van der Waals surface area contributed by atoms with E-state index in [0.717, 1.165) is 20.9 Å². The lowest BCUT2D eigenvalue weighted by Gasteiger charge is -2.17. The maximum atomic E-state index is 10.1. The maximum Gasteiger partial charge on any atom is 0.175 e. The summed E-state index contributed by atoms with van der Waals surface area (Å²) in [5.74, 6) is 0. The number of fused-ring (bicyclic) bond motifs is 2. The van der Waals surface area contributed by atoms with E-state index in [0.29, 0.717) is 27.2 Å². The first-order valence-corrected chi connectivity index (χ1v) is 14.1. The number of hydrogen-bond acceptors (Lipinski definition) is 9. The number of aromatic nitrogens is 2. The molecule has 38 heavy (non-hydrogen) atoms. The van der Waals surface area contributed by atoms with Gasteiger partial charge in [0.1, 0.15) is 40.0 Å². The molecule has 6 rings (SSSR count). The van der Waals surface area contributed by atoms with Crippen LogP contribution >= 0.6 is 35.8 Å². The summed E-state index contributed by atoms with van der Waals surface area (Å²) in [6, 6.07) is 12.1. The molecule has 2 saturated heterocycles. The Kier molecular flexibility index (Phi) is 7.12. The molecule has 0 amide bonds. The Morgan fingerprint density at radius 3 is 2.34 bits per heavy atom. The highest BCUT2D eigenvalue weighted by atomic mass is 32.1. The third kappa shape index (κ3) is 4.61. The molecule has 3 N–H and O–H groups in total. The number of benzene rings is 1. The van der Waals surface area contributed by atoms with Gasteiger partial charge in [0.15, 0.2) is 5.06 Å². The normalized spacial score (nSPS) is 27.5. The minimum Gasteiger partial charge on any atom is -0.478 e. The van der Waals surface area contributed by atoms with E-state index < -0.39 is 24.5 Å². The molecule has 0 saturated carbocycles. The van der Waals surface area contributed by atoms with E-state index in [9.17, 15) is 15.3 Å². The van der Waals surface area contributed by atoms with E-state index >= 15 is 0 Å². The second-order valence-corrected chi connectivity index (χ2v) is 11.6. The van der Waals surface area contributed by atoms with Gasteiger partial charge in [0.25, 0.3) is 0 Å². The predicted molar refractivity (Wildman–Crippen MR) is 150 cm³/mol. The van der Waals surface area contributed by atoms with Gasteiger partial charge in [-0.3, -0.25) is 0 Å². The Labute approximate surface area is 233 Å². The van der Waals surface area contributed by atoms with Gasteiger partial charge in [-0.2, -0.15) is 0 Å². The zero-order valence-corrected chi connectivity index (χ0v) is 23.0. The van der Waals surface area contributed by atoms with Crippen LogP contribution in [0.5, 0.6) is 5.06 Å². The van der Waals surface area contributed by atoms with Crippen molar-refractivity contribution in [3.8, 4) is 5.06 Å². The molecule has 0 bridgehead atoms. The lowest BCUT2D eigenvalue weighted by Crippen LogP contribution is -2.29. The fraction of sp³-hybridized carbons (Fsp3) is 0.407. The number of aryl methyl sites for hydroxylation is 1. The molecule has 2 aliphatic rings. The molecule has 5 heterocycles. The van der Waals surface area contributed by atoms with Gasteiger partial charge >= 0.3 is 0 Å². The molecular formula is C27H28N2O6S3. The van der Waals surface area contributed by atoms with Crippen molar-refractivity contribution in [3.05, 3.63) is 63.6 Å². The number of thiophene rings is 1. The van der Waals surface area contributed by atoms with E-state index in [1.54, 1.807) is 0 Å². The Hall–Kier alpha value is -2.22. The summed E-state index contributed by atoms with van der Waals surface area (Å²) in [5, 5.41) is 33.3. The van der Waals surface area contributed by atoms with Crippen LogP contribution < -0.4 is 4.74 Å². The molecule has 0 radical (unpaired) electrons. The second kappa shape index (κ2) is 10.4. The first-order valence-electron chi connectivity index (χ1n) is 12.5. The molecule has 11 heteroatoms. The van der Waals surface area contributed by atoms with Crippen molar-refractivity contribution in [3.63, 3.8) is 0 Å². The fourth-order valence-electron chi connectivity index (χ4n) is 5.27. The van der Waals surface area contributed by atoms with E-state index in [-0.39, 0.29) is 25.5 Å². The van der Waals surface area contributed by atoms with Gasteiger partial charge in [0.05, 0.1) is 24.0 Å². The predicted octanol–water partition coefficient (Wildman–Crippen LogP) is 4.79. The number of aliphatic hydroxyl groups excluding tert-OH is 3. The van der Waals surface area contributed by atoms with Crippen molar-refractivity contribution in [1.82, 2.24) is 9.13 Å². The lowest BCUT2D eigenvalue weighted by atomic mass is 10.1. The molecule has 0 spiro atoms. The van der Waals surface area contributed by atoms with Crippen molar-refractivity contribution < 1.29 is 29.5 Å². The van der Waals surface area contributed by atoms with Crippen LogP contribution in [0.4, 0.5) is 0 Å². The van der Waals surface area contributed by atoms with Crippen LogP contribution in [0, 0.1) is 16.2 Å². The summed E-state index contributed by atoms with van der Waals surface area (Å²) in [6.07, 6.45) is 1.64. The van der Waals surface area contributed by atoms with E-state index in [1.807, 2.05) is 51.9 Å². The molecule has 200 valence electrons. The molecule has 2 aliphatic heterocycles. The Balaban J connectivity index is 1.24. The topological polar surface area (TPSA) is 98.2 Å². The highest BCUT2D eigenvalue weighted by molar-refractivity contribution is 7.72. The number of hydrogen-bond donors (Lipinski definition) is 3. The number of aliphatic hydroxyl groups is 3. The maximum absolute atomic E-state index is 10.1. The molecule has 2 fully saturated rings. The monoisotopic (exact) mass is 572 g/mol. The lowest BCUT2D eigenvalue weighted by molar-refractivity contribution is -0.0447. The van der Waals surface area contributed by atoms with Crippen LogP contribution in [0.3, 0.4) is 0 Å². The van der Waals surface area contributed by atoms with Crippen LogP contribution in [0.2, 0.25) is 0 Å². The summed E-state index contributed by atoms with van der Waals surface area (Å²) in [6.45, 7) is 1.63. The average Bonchev–Trinajstić information content (AvgIpc) is 3.61. The number of ether oxygens (including phenoxy) is 3. The SMILES string of the molecule is Cc1ccc2c(=S)n([C@H]3CC(Oc4cc5ccn([C@H]6CC(O)[C@@H](CO)O6)c(=S)c5s4)[C@@H](CO)O3)ccc2c1. The van der Waals surface area contributed by atoms with Crippen LogP contribution in [0.25, 0.3) is 20.9 Å². The molecule has 8 nitrogen and oxygen atoms in total. The van der Waals surface area contributed by atoms with Crippen molar-refractivity contribution >= 4 is 56.6 Å². The van der Waals surface area contributed by atoms with E-state index in [2.05, 4.69) is 13.0 Å². The minimum absolute atomic E-state index is 0.175. The summed E-state index contributed by atoms with van der Waals surface area (Å²) >= 11 is 13.0. The number of pyridine rings is 2. The molecular weight excluding hydrogens is 545 g/mol. The first kappa shape index (κ1) is 26.0. The van der Waals surface area contributed by atoms with Crippen LogP contribution in [0.15, 0.2) is 48.8 Å². The molecule has 1 aromatic carbocycles. The molecule has 6 atom stereocenters. The summed E-state index contributed by atoms with van der Waals surface area (Å²) in [4.78, 5) is 0. The highest BCUT2D eigenvalue weighted by Gasteiger charge is 2.38. The Bertz CT molecular complexity index is 1610. The van der Waals surface area contributed by atoms with Crippen LogP contribution in [-0.4, -0.2) is 62.1 Å². The highest BCUT2D eigenvalue weighted by Crippen LogP contribution is 2.39. The zero-order valence-electron chi connectivity index (χ0n) is 20.6. The molecule has 4 aromatic rings. The Morgan fingerprint density at radius 1 is 0.921 bits per heavy atom. The fourth-order valence-corrected chi connectivity index (χ4v) is 7.05. The van der Waals surface area contributed by atoms with Gasteiger partial charge in [-0.25, -0.2) is 0 Å². The van der Waals surface area contributed by atoms with Crippen molar-refractivity contribution in [2.75, 3.05) is 13.2 Å². The van der Waals surface area contributed by atoms with Gasteiger partial charge in [-0.15, -0.1) is 0 Å². The van der Waals surface area contributed by atoms with E-state index in [1.165, 1.54) is 16.9 Å². The smallest absolute Gasteiger partial charge is 0.175 e. The Morgan fingerprint density at radius 2 is 1.61 bits per heavy atom. The molecule has 2 unspecified atom stereocenters. The number of rotatable bonds is 6. The summed E-state index contributed by atoms with van der Waals surface area (Å²) in [5.41, 5.74) is 1.18. The van der Waals surface area contributed by atoms with Gasteiger partial charge in [0.2, 0.25) is 0 Å². The first-order chi connectivity index (χ1) is 18.4. The van der Waals surface area contributed by atoms with Crippen LogP contribution in [-0.2, 0) is 9.47 Å². The van der Waals surface area contributed by atoms with Gasteiger partial charge in [-0.1, -0.05) is 59.5 Å². The van der Waals surface area contributed by atoms with Crippen molar-refractivity contribution in [2.45, 2.75) is 56.6 Å². The van der Waals surface area contributed by atoms with Crippen molar-refractivity contribution in [2.24, 2.45) is 0 Å². The summed E-state index contributed by atoms with van der Waals surface area (Å²) in [7, 11) is 0. The largest absolute Gasteiger partial charge is 0.478 e. The quantitative estimate of drug-likeness (QED) is 0.284. The van der Waals surface area contributed by atoms with Gasteiger partial charge in [0, 0.05) is 36.0 Å². The second-order valence-electron chi connectivity index (χ2n) is 9.82. The third-order valence-corrected chi connectivity index (χ3v) is 9.32. The van der Waals surface area contributed by atoms with Gasteiger partial charge in [-0.05, 0) is 30.5 Å². The third-order valence-electron chi connectivity index (χ3n) is 7.30. The average molecular weight is 573 g/mol. The molecule has 3 aromatic heterocycles. The van der Waals surface area contributed by atoms with Crippen LogP contribution in [0.1, 0.15) is 30.9 Å². The minimum atomic E-state index is -0.740. The number of nitrogens with zero attached hydrogens (tertiary/aromatic N) is 2. The van der Waals surface area contributed by atoms with Gasteiger partial charge < -0.3 is 38.7 Å².